The van der Waals surface area contributed by atoms with Crippen LogP contribution in [0.3, 0.4) is 0 Å². The predicted octanol–water partition coefficient (Wildman–Crippen LogP) is 3.33. The molecule has 0 aliphatic carbocycles. The number of nitrogens with zero attached hydrogens (tertiary/aromatic N) is 3. The summed E-state index contributed by atoms with van der Waals surface area (Å²) in [6.45, 7) is 0.322. The van der Waals surface area contributed by atoms with E-state index < -0.39 is 5.82 Å². The molecule has 0 unspecified atom stereocenters. The summed E-state index contributed by atoms with van der Waals surface area (Å²) in [6, 6.07) is 14.1. The molecule has 0 saturated heterocycles. The fourth-order valence-corrected chi connectivity index (χ4v) is 2.74. The molecule has 136 valence electrons. The first-order chi connectivity index (χ1) is 13.1. The highest BCUT2D eigenvalue weighted by Gasteiger charge is 2.10. The second-order valence-electron chi connectivity index (χ2n) is 5.88. The average Bonchev–Trinajstić information content (AvgIpc) is 3.15. The highest BCUT2D eigenvalue weighted by molar-refractivity contribution is 5.78. The van der Waals surface area contributed by atoms with Gasteiger partial charge in [-0.25, -0.2) is 9.37 Å². The van der Waals surface area contributed by atoms with Gasteiger partial charge >= 0.3 is 0 Å². The molecule has 0 radical (unpaired) electrons. The van der Waals surface area contributed by atoms with Crippen LogP contribution in [0.1, 0.15) is 5.56 Å². The lowest BCUT2D eigenvalue weighted by Gasteiger charge is -2.09. The summed E-state index contributed by atoms with van der Waals surface area (Å²) >= 11 is 0. The number of pyridine rings is 1. The van der Waals surface area contributed by atoms with E-state index in [4.69, 9.17) is 15.2 Å². The van der Waals surface area contributed by atoms with Gasteiger partial charge in [-0.1, -0.05) is 30.3 Å². The van der Waals surface area contributed by atoms with Crippen molar-refractivity contribution in [2.24, 2.45) is 0 Å². The van der Waals surface area contributed by atoms with E-state index in [0.717, 1.165) is 16.7 Å². The minimum atomic E-state index is -0.394. The number of aromatic nitrogens is 4. The average molecular weight is 365 g/mol. The Labute approximate surface area is 153 Å². The molecule has 0 atom stereocenters. The highest BCUT2D eigenvalue weighted by atomic mass is 19.1. The van der Waals surface area contributed by atoms with Gasteiger partial charge < -0.3 is 15.2 Å². The summed E-state index contributed by atoms with van der Waals surface area (Å²) in [5.41, 5.74) is 9.30. The topological polar surface area (TPSA) is 98.9 Å². The SMILES string of the molecule is COc1ccc(-c2ccc(COc3cc(N)nc4n[nH]nc34)cc2)cc1F. The summed E-state index contributed by atoms with van der Waals surface area (Å²) in [5.74, 6) is 0.643. The van der Waals surface area contributed by atoms with Crippen LogP contribution < -0.4 is 15.2 Å². The van der Waals surface area contributed by atoms with Crippen molar-refractivity contribution in [3.05, 3.63) is 59.9 Å². The first-order valence-electron chi connectivity index (χ1n) is 8.16. The van der Waals surface area contributed by atoms with Gasteiger partial charge in [0.1, 0.15) is 12.4 Å². The van der Waals surface area contributed by atoms with Gasteiger partial charge in [-0.15, -0.1) is 5.10 Å². The Bertz CT molecular complexity index is 1100. The van der Waals surface area contributed by atoms with E-state index >= 15 is 0 Å². The zero-order valence-electron chi connectivity index (χ0n) is 14.4. The largest absolute Gasteiger partial charge is 0.494 e. The van der Waals surface area contributed by atoms with E-state index in [1.807, 2.05) is 30.3 Å². The number of nitrogens with two attached hydrogens (primary N) is 1. The number of ether oxygens (including phenoxy) is 2. The zero-order chi connectivity index (χ0) is 18.8. The van der Waals surface area contributed by atoms with Crippen LogP contribution in [0.25, 0.3) is 22.3 Å². The molecule has 27 heavy (non-hydrogen) atoms. The monoisotopic (exact) mass is 365 g/mol. The molecule has 2 aromatic heterocycles. The van der Waals surface area contributed by atoms with Crippen molar-refractivity contribution in [1.29, 1.82) is 0 Å². The fourth-order valence-electron chi connectivity index (χ4n) is 2.74. The zero-order valence-corrected chi connectivity index (χ0v) is 14.4. The predicted molar refractivity (Wildman–Crippen MR) is 98.8 cm³/mol. The normalized spacial score (nSPS) is 10.9. The molecular weight excluding hydrogens is 349 g/mol. The minimum Gasteiger partial charge on any atom is -0.494 e. The lowest BCUT2D eigenvalue weighted by atomic mass is 10.0. The molecule has 0 bridgehead atoms. The second kappa shape index (κ2) is 6.91. The number of methoxy groups -OCH3 is 1. The van der Waals surface area contributed by atoms with Gasteiger partial charge in [-0.2, -0.15) is 10.3 Å². The Kier molecular flexibility index (Phi) is 4.29. The number of nitrogen functional groups attached to an aromatic ring is 1. The quantitative estimate of drug-likeness (QED) is 0.563. The molecule has 8 heteroatoms. The third-order valence-electron chi connectivity index (χ3n) is 4.11. The molecular formula is C19H16FN5O2. The number of hydrogen-bond acceptors (Lipinski definition) is 6. The number of benzene rings is 2. The third-order valence-corrected chi connectivity index (χ3v) is 4.11. The summed E-state index contributed by atoms with van der Waals surface area (Å²) in [4.78, 5) is 4.07. The van der Waals surface area contributed by atoms with Crippen LogP contribution in [0.15, 0.2) is 48.5 Å². The Morgan fingerprint density at radius 3 is 2.52 bits per heavy atom. The molecule has 0 fully saturated rings. The van der Waals surface area contributed by atoms with E-state index in [9.17, 15) is 4.39 Å². The van der Waals surface area contributed by atoms with Gasteiger partial charge in [0.25, 0.3) is 0 Å². The van der Waals surface area contributed by atoms with Crippen molar-refractivity contribution >= 4 is 17.0 Å². The Hall–Kier alpha value is -3.68. The molecule has 0 saturated carbocycles. The molecule has 2 aromatic carbocycles. The van der Waals surface area contributed by atoms with Crippen LogP contribution in [-0.2, 0) is 6.61 Å². The van der Waals surface area contributed by atoms with E-state index in [0.29, 0.717) is 29.3 Å². The second-order valence-corrected chi connectivity index (χ2v) is 5.88. The number of rotatable bonds is 5. The van der Waals surface area contributed by atoms with E-state index in [2.05, 4.69) is 20.4 Å². The molecule has 4 rings (SSSR count). The lowest BCUT2D eigenvalue weighted by Crippen LogP contribution is -1.99. The highest BCUT2D eigenvalue weighted by Crippen LogP contribution is 2.27. The van der Waals surface area contributed by atoms with Crippen molar-refractivity contribution in [3.63, 3.8) is 0 Å². The van der Waals surface area contributed by atoms with Crippen molar-refractivity contribution in [2.45, 2.75) is 6.61 Å². The van der Waals surface area contributed by atoms with Crippen LogP contribution >= 0.6 is 0 Å². The number of fused-ring (bicyclic) bond motifs is 1. The maximum atomic E-state index is 13.9. The Balaban J connectivity index is 1.51. The molecule has 7 nitrogen and oxygen atoms in total. The molecule has 0 spiro atoms. The van der Waals surface area contributed by atoms with Gasteiger partial charge in [-0.3, -0.25) is 0 Å². The first kappa shape index (κ1) is 16.8. The van der Waals surface area contributed by atoms with Crippen molar-refractivity contribution < 1.29 is 13.9 Å². The van der Waals surface area contributed by atoms with Gasteiger partial charge in [-0.05, 0) is 28.8 Å². The summed E-state index contributed by atoms with van der Waals surface area (Å²) < 4.78 is 24.6. The molecule has 0 amide bonds. The Morgan fingerprint density at radius 2 is 1.78 bits per heavy atom. The number of halogens is 1. The number of H-pyrrole nitrogens is 1. The van der Waals surface area contributed by atoms with Crippen LogP contribution in [0.2, 0.25) is 0 Å². The third kappa shape index (κ3) is 3.37. The number of hydrogen-bond donors (Lipinski definition) is 2. The van der Waals surface area contributed by atoms with Gasteiger partial charge in [0.15, 0.2) is 22.8 Å². The Morgan fingerprint density at radius 1 is 1.00 bits per heavy atom. The number of nitrogens with one attached hydrogen (secondary N) is 1. The van der Waals surface area contributed by atoms with Gasteiger partial charge in [0, 0.05) is 6.07 Å². The van der Waals surface area contributed by atoms with Crippen molar-refractivity contribution in [1.82, 2.24) is 20.4 Å². The van der Waals surface area contributed by atoms with E-state index in [1.54, 1.807) is 12.1 Å². The molecule has 3 N–H and O–H groups in total. The maximum Gasteiger partial charge on any atom is 0.207 e. The van der Waals surface area contributed by atoms with Gasteiger partial charge in [0.05, 0.1) is 7.11 Å². The summed E-state index contributed by atoms with van der Waals surface area (Å²) in [5, 5.41) is 10.4. The summed E-state index contributed by atoms with van der Waals surface area (Å²) in [7, 11) is 1.44. The molecule has 0 aliphatic heterocycles. The number of anilines is 1. The van der Waals surface area contributed by atoms with Crippen LogP contribution in [0.4, 0.5) is 10.2 Å². The first-order valence-corrected chi connectivity index (χ1v) is 8.16. The van der Waals surface area contributed by atoms with Crippen LogP contribution in [-0.4, -0.2) is 27.5 Å². The van der Waals surface area contributed by atoms with Crippen LogP contribution in [0.5, 0.6) is 11.5 Å². The lowest BCUT2D eigenvalue weighted by molar-refractivity contribution is 0.309. The van der Waals surface area contributed by atoms with Gasteiger partial charge in [0.2, 0.25) is 5.65 Å². The smallest absolute Gasteiger partial charge is 0.207 e. The molecule has 2 heterocycles. The van der Waals surface area contributed by atoms with E-state index in [1.165, 1.54) is 13.2 Å². The standard InChI is InChI=1S/C19H16FN5O2/c1-26-15-7-6-13(8-14(15)20)12-4-2-11(3-5-12)10-27-16-9-17(21)22-19-18(16)23-25-24-19/h2-9H,10H2,1H3,(H3,21,22,23,24,25). The van der Waals surface area contributed by atoms with Crippen molar-refractivity contribution in [3.8, 4) is 22.6 Å². The number of aromatic amines is 1. The molecule has 4 aromatic rings. The van der Waals surface area contributed by atoms with Crippen LogP contribution in [0, 0.1) is 5.82 Å². The fraction of sp³-hybridized carbons (Fsp3) is 0.105. The maximum absolute atomic E-state index is 13.9. The van der Waals surface area contributed by atoms with E-state index in [-0.39, 0.29) is 5.75 Å². The molecule has 0 aliphatic rings. The van der Waals surface area contributed by atoms with Crippen molar-refractivity contribution in [2.75, 3.05) is 12.8 Å². The summed E-state index contributed by atoms with van der Waals surface area (Å²) in [6.07, 6.45) is 0. The minimum absolute atomic E-state index is 0.222.